The van der Waals surface area contributed by atoms with Crippen LogP contribution in [-0.2, 0) is 24.7 Å². The number of hydrogen-bond donors (Lipinski definition) is 1. The van der Waals surface area contributed by atoms with Crippen molar-refractivity contribution in [1.29, 1.82) is 0 Å². The summed E-state index contributed by atoms with van der Waals surface area (Å²) in [5.74, 6) is -1.68. The van der Waals surface area contributed by atoms with E-state index in [1.807, 2.05) is 13.2 Å². The summed E-state index contributed by atoms with van der Waals surface area (Å²) in [6.07, 6.45) is 7.02. The van der Waals surface area contributed by atoms with Gasteiger partial charge in [0, 0.05) is 25.4 Å². The number of unbranched alkanes of at least 4 members (excludes halogenated alkanes) is 1. The Labute approximate surface area is 146 Å². The van der Waals surface area contributed by atoms with E-state index in [0.29, 0.717) is 13.0 Å². The van der Waals surface area contributed by atoms with Crippen LogP contribution < -0.4 is 5.32 Å². The van der Waals surface area contributed by atoms with Crippen molar-refractivity contribution in [3.05, 3.63) is 52.9 Å². The lowest BCUT2D eigenvalue weighted by molar-refractivity contribution is -0.122. The Bertz CT molecular complexity index is 757. The average Bonchev–Trinajstić information content (AvgIpc) is 2.97. The second-order valence-electron chi connectivity index (χ2n) is 6.65. The van der Waals surface area contributed by atoms with Crippen LogP contribution in [0.4, 0.5) is 8.78 Å². The molecule has 1 aromatic heterocycles. The lowest BCUT2D eigenvalue weighted by atomic mass is 9.86. The molecule has 1 unspecified atom stereocenters. The van der Waals surface area contributed by atoms with E-state index in [1.165, 1.54) is 6.07 Å². The third-order valence-electron chi connectivity index (χ3n) is 4.71. The fraction of sp³-hybridized carbons (Fsp3) is 0.474. The molecular formula is C19H23F2N3O. The largest absolute Gasteiger partial charge is 0.356 e. The quantitative estimate of drug-likeness (QED) is 0.816. The number of hydrogen-bond acceptors (Lipinski definition) is 2. The van der Waals surface area contributed by atoms with Gasteiger partial charge in [0.2, 0.25) is 5.91 Å². The van der Waals surface area contributed by atoms with Crippen molar-refractivity contribution >= 4 is 5.91 Å². The number of aryl methyl sites for hydroxylation is 3. The van der Waals surface area contributed by atoms with Crippen molar-refractivity contribution in [2.24, 2.45) is 7.05 Å². The summed E-state index contributed by atoms with van der Waals surface area (Å²) >= 11 is 0. The van der Waals surface area contributed by atoms with Crippen molar-refractivity contribution in [2.45, 2.75) is 44.4 Å². The minimum atomic E-state index is -0.821. The number of nitrogens with one attached hydrogen (secondary N) is 1. The predicted molar refractivity (Wildman–Crippen MR) is 91.2 cm³/mol. The monoisotopic (exact) mass is 347 g/mol. The number of carbonyl (C=O) groups excluding carboxylic acids is 1. The maximum Gasteiger partial charge on any atom is 0.227 e. The molecule has 0 saturated carbocycles. The molecule has 1 aliphatic rings. The van der Waals surface area contributed by atoms with E-state index < -0.39 is 11.6 Å². The van der Waals surface area contributed by atoms with Crippen LogP contribution in [0.5, 0.6) is 0 Å². The zero-order valence-corrected chi connectivity index (χ0v) is 14.4. The Morgan fingerprint density at radius 2 is 2.16 bits per heavy atom. The molecule has 0 saturated heterocycles. The summed E-state index contributed by atoms with van der Waals surface area (Å²) in [5.41, 5.74) is 2.86. The molecule has 0 aliphatic heterocycles. The van der Waals surface area contributed by atoms with E-state index in [1.54, 1.807) is 10.7 Å². The van der Waals surface area contributed by atoms with Crippen LogP contribution in [0.3, 0.4) is 0 Å². The van der Waals surface area contributed by atoms with Gasteiger partial charge in [-0.3, -0.25) is 9.48 Å². The van der Waals surface area contributed by atoms with Crippen LogP contribution >= 0.6 is 0 Å². The molecule has 0 bridgehead atoms. The van der Waals surface area contributed by atoms with Gasteiger partial charge in [0.25, 0.3) is 0 Å². The molecule has 25 heavy (non-hydrogen) atoms. The first-order valence-electron chi connectivity index (χ1n) is 8.78. The Morgan fingerprint density at radius 3 is 2.96 bits per heavy atom. The maximum absolute atomic E-state index is 13.2. The summed E-state index contributed by atoms with van der Waals surface area (Å²) < 4.78 is 27.8. The topological polar surface area (TPSA) is 46.9 Å². The van der Waals surface area contributed by atoms with E-state index >= 15 is 0 Å². The van der Waals surface area contributed by atoms with Crippen LogP contribution in [0, 0.1) is 11.6 Å². The van der Waals surface area contributed by atoms with Crippen LogP contribution in [0.2, 0.25) is 0 Å². The maximum atomic E-state index is 13.2. The summed E-state index contributed by atoms with van der Waals surface area (Å²) in [6.45, 7) is 0.592. The lowest BCUT2D eigenvalue weighted by Gasteiger charge is -2.20. The number of benzene rings is 1. The highest BCUT2D eigenvalue weighted by atomic mass is 19.2. The van der Waals surface area contributed by atoms with Gasteiger partial charge in [0.15, 0.2) is 11.6 Å². The Kier molecular flexibility index (Phi) is 5.46. The zero-order chi connectivity index (χ0) is 17.8. The standard InChI is InChI=1S/C19H23F2N3O/c1-24-12-15-14(6-4-7-18(15)23-24)19(25)22-10-3-2-5-13-8-9-16(20)17(21)11-13/h8-9,11-12,14H,2-7,10H2,1H3,(H,22,25). The number of fused-ring (bicyclic) bond motifs is 1. The average molecular weight is 347 g/mol. The van der Waals surface area contributed by atoms with Crippen LogP contribution in [0.1, 0.15) is 48.4 Å². The van der Waals surface area contributed by atoms with E-state index in [4.69, 9.17) is 0 Å². The van der Waals surface area contributed by atoms with Gasteiger partial charge in [0.1, 0.15) is 0 Å². The summed E-state index contributed by atoms with van der Waals surface area (Å²) in [5, 5.41) is 7.42. The minimum absolute atomic E-state index is 0.0572. The molecule has 1 heterocycles. The van der Waals surface area contributed by atoms with Crippen molar-refractivity contribution in [3.63, 3.8) is 0 Å². The third kappa shape index (κ3) is 4.24. The molecule has 3 rings (SSSR count). The molecule has 134 valence electrons. The van der Waals surface area contributed by atoms with Crippen LogP contribution in [-0.4, -0.2) is 22.2 Å². The van der Waals surface area contributed by atoms with Crippen molar-refractivity contribution in [3.8, 4) is 0 Å². The van der Waals surface area contributed by atoms with Gasteiger partial charge in [-0.15, -0.1) is 0 Å². The van der Waals surface area contributed by atoms with Gasteiger partial charge in [0.05, 0.1) is 11.6 Å². The van der Waals surface area contributed by atoms with E-state index in [-0.39, 0.29) is 11.8 Å². The second-order valence-corrected chi connectivity index (χ2v) is 6.65. The minimum Gasteiger partial charge on any atom is -0.356 e. The predicted octanol–water partition coefficient (Wildman–Crippen LogP) is 3.26. The SMILES string of the molecule is Cn1cc2c(n1)CCCC2C(=O)NCCCCc1ccc(F)c(F)c1. The van der Waals surface area contributed by atoms with Gasteiger partial charge in [-0.25, -0.2) is 8.78 Å². The molecule has 1 N–H and O–H groups in total. The highest BCUT2D eigenvalue weighted by Gasteiger charge is 2.28. The van der Waals surface area contributed by atoms with E-state index in [9.17, 15) is 13.6 Å². The van der Waals surface area contributed by atoms with Crippen molar-refractivity contribution < 1.29 is 13.6 Å². The van der Waals surface area contributed by atoms with Crippen molar-refractivity contribution in [1.82, 2.24) is 15.1 Å². The Hall–Kier alpha value is -2.24. The lowest BCUT2D eigenvalue weighted by Crippen LogP contribution is -2.31. The van der Waals surface area contributed by atoms with Gasteiger partial charge in [-0.05, 0) is 56.2 Å². The Morgan fingerprint density at radius 1 is 1.32 bits per heavy atom. The van der Waals surface area contributed by atoms with Crippen LogP contribution in [0.15, 0.2) is 24.4 Å². The molecule has 1 amide bonds. The summed E-state index contributed by atoms with van der Waals surface area (Å²) in [4.78, 5) is 12.4. The van der Waals surface area contributed by atoms with Crippen molar-refractivity contribution in [2.75, 3.05) is 6.54 Å². The molecule has 0 fully saturated rings. The highest BCUT2D eigenvalue weighted by molar-refractivity contribution is 5.84. The van der Waals surface area contributed by atoms with Gasteiger partial charge >= 0.3 is 0 Å². The molecule has 1 aromatic carbocycles. The van der Waals surface area contributed by atoms with E-state index in [0.717, 1.165) is 55.0 Å². The molecular weight excluding hydrogens is 324 g/mol. The van der Waals surface area contributed by atoms with Gasteiger partial charge in [-0.1, -0.05) is 6.07 Å². The van der Waals surface area contributed by atoms with Crippen LogP contribution in [0.25, 0.3) is 0 Å². The number of rotatable bonds is 6. The highest BCUT2D eigenvalue weighted by Crippen LogP contribution is 2.30. The van der Waals surface area contributed by atoms with Gasteiger partial charge < -0.3 is 5.32 Å². The molecule has 2 aromatic rings. The number of halogens is 2. The molecule has 6 heteroatoms. The number of amides is 1. The summed E-state index contributed by atoms with van der Waals surface area (Å²) in [6, 6.07) is 3.99. The molecule has 1 aliphatic carbocycles. The first-order chi connectivity index (χ1) is 12.0. The zero-order valence-electron chi connectivity index (χ0n) is 14.4. The fourth-order valence-corrected chi connectivity index (χ4v) is 3.42. The second kappa shape index (κ2) is 7.76. The molecule has 1 atom stereocenters. The molecule has 4 nitrogen and oxygen atoms in total. The molecule has 0 radical (unpaired) electrons. The first-order valence-corrected chi connectivity index (χ1v) is 8.78. The molecule has 0 spiro atoms. The summed E-state index contributed by atoms with van der Waals surface area (Å²) in [7, 11) is 1.88. The van der Waals surface area contributed by atoms with Gasteiger partial charge in [-0.2, -0.15) is 5.10 Å². The fourth-order valence-electron chi connectivity index (χ4n) is 3.42. The number of carbonyl (C=O) groups is 1. The normalized spacial score (nSPS) is 16.5. The van der Waals surface area contributed by atoms with E-state index in [2.05, 4.69) is 10.4 Å². The third-order valence-corrected chi connectivity index (χ3v) is 4.71. The number of aromatic nitrogens is 2. The Balaban J connectivity index is 1.43. The smallest absolute Gasteiger partial charge is 0.227 e. The number of nitrogens with zero attached hydrogens (tertiary/aromatic N) is 2. The first kappa shape index (κ1) is 17.6.